The van der Waals surface area contributed by atoms with Crippen molar-refractivity contribution in [1.82, 2.24) is 19.7 Å². The molecule has 2 aromatic heterocycles. The highest BCUT2D eigenvalue weighted by atomic mass is 16.5. The van der Waals surface area contributed by atoms with Crippen LogP contribution in [0.25, 0.3) is 22.3 Å². The Hall–Kier alpha value is -3.04. The van der Waals surface area contributed by atoms with Crippen molar-refractivity contribution >= 4 is 23.4 Å². The number of nitrogens with two attached hydrogens (primary N) is 1. The molecule has 3 heterocycles. The van der Waals surface area contributed by atoms with E-state index >= 15 is 0 Å². The molecule has 1 saturated heterocycles. The number of nitrogens with zero attached hydrogens (tertiary/aromatic N) is 5. The number of fused-ring (bicyclic) bond motifs is 1. The fourth-order valence-corrected chi connectivity index (χ4v) is 4.21. The zero-order valence-electron chi connectivity index (χ0n) is 19.4. The van der Waals surface area contributed by atoms with E-state index in [4.69, 9.17) is 24.6 Å². The van der Waals surface area contributed by atoms with Gasteiger partial charge < -0.3 is 20.5 Å². The van der Waals surface area contributed by atoms with E-state index in [0.29, 0.717) is 13.2 Å². The van der Waals surface area contributed by atoms with Gasteiger partial charge in [0.25, 0.3) is 0 Å². The third kappa shape index (κ3) is 5.85. The maximum Gasteiger partial charge on any atom is 0.228 e. The summed E-state index contributed by atoms with van der Waals surface area (Å²) in [6.45, 7) is 6.98. The van der Waals surface area contributed by atoms with Gasteiger partial charge in [0, 0.05) is 18.7 Å². The van der Waals surface area contributed by atoms with E-state index in [2.05, 4.69) is 27.4 Å². The molecule has 2 aliphatic rings. The SMILES string of the molecule is CC.NC=O.OC1CCC(n2ncc3c(-c4ccccc4)nc(N4CCOCC4)nc32)CC1. The van der Waals surface area contributed by atoms with Crippen LogP contribution in [0.2, 0.25) is 0 Å². The number of morpholine rings is 1. The number of amides is 1. The maximum atomic E-state index is 9.87. The van der Waals surface area contributed by atoms with E-state index in [9.17, 15) is 5.11 Å². The molecule has 0 spiro atoms. The van der Waals surface area contributed by atoms with E-state index in [1.807, 2.05) is 38.2 Å². The summed E-state index contributed by atoms with van der Waals surface area (Å²) >= 11 is 0. The summed E-state index contributed by atoms with van der Waals surface area (Å²) < 4.78 is 7.55. The fourth-order valence-electron chi connectivity index (χ4n) is 4.21. The Labute approximate surface area is 194 Å². The van der Waals surface area contributed by atoms with Crippen molar-refractivity contribution in [3.63, 3.8) is 0 Å². The van der Waals surface area contributed by atoms with Gasteiger partial charge in [-0.1, -0.05) is 44.2 Å². The maximum absolute atomic E-state index is 9.87. The number of aliphatic hydroxyl groups excluding tert-OH is 1. The molecule has 1 aromatic carbocycles. The van der Waals surface area contributed by atoms with E-state index in [1.165, 1.54) is 0 Å². The zero-order valence-corrected chi connectivity index (χ0v) is 19.4. The van der Waals surface area contributed by atoms with Crippen LogP contribution < -0.4 is 10.6 Å². The first-order valence-electron chi connectivity index (χ1n) is 11.7. The van der Waals surface area contributed by atoms with Crippen molar-refractivity contribution in [2.24, 2.45) is 5.73 Å². The molecular weight excluding hydrogens is 420 g/mol. The Bertz CT molecular complexity index is 996. The summed E-state index contributed by atoms with van der Waals surface area (Å²) in [7, 11) is 0. The Morgan fingerprint density at radius 1 is 1.06 bits per heavy atom. The zero-order chi connectivity index (χ0) is 23.6. The van der Waals surface area contributed by atoms with Gasteiger partial charge in [0.15, 0.2) is 5.65 Å². The summed E-state index contributed by atoms with van der Waals surface area (Å²) in [4.78, 5) is 20.6. The Morgan fingerprint density at radius 3 is 2.33 bits per heavy atom. The molecule has 3 N–H and O–H groups in total. The lowest BCUT2D eigenvalue weighted by molar-refractivity contribution is -0.106. The molecule has 5 rings (SSSR count). The number of carbonyl (C=O) groups excluding carboxylic acids is 1. The molecule has 9 heteroatoms. The summed E-state index contributed by atoms with van der Waals surface area (Å²) in [6.07, 6.45) is 5.45. The summed E-state index contributed by atoms with van der Waals surface area (Å²) in [6, 6.07) is 10.5. The fraction of sp³-hybridized carbons (Fsp3) is 0.500. The summed E-state index contributed by atoms with van der Waals surface area (Å²) in [5, 5.41) is 15.6. The lowest BCUT2D eigenvalue weighted by Crippen LogP contribution is -2.37. The lowest BCUT2D eigenvalue weighted by Gasteiger charge is -2.28. The highest BCUT2D eigenvalue weighted by molar-refractivity contribution is 5.91. The highest BCUT2D eigenvalue weighted by Gasteiger charge is 2.25. The van der Waals surface area contributed by atoms with Crippen LogP contribution in [0.5, 0.6) is 0 Å². The molecule has 0 unspecified atom stereocenters. The van der Waals surface area contributed by atoms with Gasteiger partial charge in [-0.2, -0.15) is 10.1 Å². The van der Waals surface area contributed by atoms with Crippen molar-refractivity contribution in [2.45, 2.75) is 51.7 Å². The lowest BCUT2D eigenvalue weighted by atomic mass is 9.93. The van der Waals surface area contributed by atoms with Crippen LogP contribution in [0, 0.1) is 0 Å². The van der Waals surface area contributed by atoms with Gasteiger partial charge in [0.2, 0.25) is 12.4 Å². The Balaban J connectivity index is 0.000000569. The number of aliphatic hydroxyl groups is 1. The van der Waals surface area contributed by atoms with Gasteiger partial charge in [0.05, 0.1) is 42.6 Å². The van der Waals surface area contributed by atoms with Crippen molar-refractivity contribution in [2.75, 3.05) is 31.2 Å². The van der Waals surface area contributed by atoms with Gasteiger partial charge >= 0.3 is 0 Å². The molecule has 9 nitrogen and oxygen atoms in total. The van der Waals surface area contributed by atoms with Crippen molar-refractivity contribution in [3.8, 4) is 11.3 Å². The molecule has 178 valence electrons. The van der Waals surface area contributed by atoms with E-state index in [-0.39, 0.29) is 18.6 Å². The van der Waals surface area contributed by atoms with E-state index < -0.39 is 0 Å². The average Bonchev–Trinajstić information content (AvgIpc) is 3.31. The van der Waals surface area contributed by atoms with Crippen LogP contribution in [-0.4, -0.2) is 63.7 Å². The van der Waals surface area contributed by atoms with Crippen molar-refractivity contribution in [3.05, 3.63) is 36.5 Å². The van der Waals surface area contributed by atoms with Gasteiger partial charge in [-0.05, 0) is 25.7 Å². The minimum absolute atomic E-state index is 0.184. The van der Waals surface area contributed by atoms with Gasteiger partial charge in [0.1, 0.15) is 0 Å². The van der Waals surface area contributed by atoms with Gasteiger partial charge in [-0.15, -0.1) is 0 Å². The molecule has 1 aliphatic heterocycles. The number of rotatable bonds is 3. The smallest absolute Gasteiger partial charge is 0.228 e. The summed E-state index contributed by atoms with van der Waals surface area (Å²) in [5.41, 5.74) is 7.05. The summed E-state index contributed by atoms with van der Waals surface area (Å²) in [5.74, 6) is 0.743. The molecule has 1 amide bonds. The Kier molecular flexibility index (Phi) is 9.14. The molecule has 0 bridgehead atoms. The van der Waals surface area contributed by atoms with E-state index in [1.54, 1.807) is 0 Å². The predicted molar refractivity (Wildman–Crippen MR) is 129 cm³/mol. The number of benzene rings is 1. The van der Waals surface area contributed by atoms with Crippen LogP contribution in [-0.2, 0) is 9.53 Å². The average molecular weight is 455 g/mol. The van der Waals surface area contributed by atoms with Crippen LogP contribution in [0.1, 0.15) is 45.6 Å². The first-order valence-corrected chi connectivity index (χ1v) is 11.7. The third-order valence-corrected chi connectivity index (χ3v) is 5.80. The number of hydrogen-bond donors (Lipinski definition) is 2. The van der Waals surface area contributed by atoms with Gasteiger partial charge in [-0.3, -0.25) is 4.79 Å². The second kappa shape index (κ2) is 12.3. The monoisotopic (exact) mass is 454 g/mol. The molecule has 0 atom stereocenters. The number of ether oxygens (including phenoxy) is 1. The number of anilines is 1. The molecule has 3 aromatic rings. The van der Waals surface area contributed by atoms with Crippen LogP contribution in [0.15, 0.2) is 36.5 Å². The molecule has 0 radical (unpaired) electrons. The van der Waals surface area contributed by atoms with E-state index in [0.717, 1.165) is 67.0 Å². The standard InChI is InChI=1S/C21H25N5O2.C2H6.CH3NO/c27-17-8-6-16(7-9-17)26-20-18(14-22-26)19(15-4-2-1-3-5-15)23-21(24-20)25-10-12-28-13-11-25;1-2;2-1-3/h1-5,14,16-17,27H,6-13H2;1-2H3;1H,(H2,2,3). The molecule has 1 saturated carbocycles. The molecule has 33 heavy (non-hydrogen) atoms. The molecule has 2 fully saturated rings. The molecular formula is C24H34N6O3. The van der Waals surface area contributed by atoms with Crippen LogP contribution in [0.3, 0.4) is 0 Å². The van der Waals surface area contributed by atoms with Crippen LogP contribution >= 0.6 is 0 Å². The Morgan fingerprint density at radius 2 is 1.70 bits per heavy atom. The largest absolute Gasteiger partial charge is 0.393 e. The normalized spacial score (nSPS) is 20.3. The van der Waals surface area contributed by atoms with Gasteiger partial charge in [-0.25, -0.2) is 9.67 Å². The first-order chi connectivity index (χ1) is 16.2. The minimum Gasteiger partial charge on any atom is -0.393 e. The van der Waals surface area contributed by atoms with Crippen molar-refractivity contribution < 1.29 is 14.6 Å². The number of hydrogen-bond acceptors (Lipinski definition) is 7. The molecule has 1 aliphatic carbocycles. The quantitative estimate of drug-likeness (QED) is 0.584. The third-order valence-electron chi connectivity index (χ3n) is 5.80. The second-order valence-electron chi connectivity index (χ2n) is 7.76. The number of carbonyl (C=O) groups is 1. The van der Waals surface area contributed by atoms with Crippen LogP contribution in [0.4, 0.5) is 5.95 Å². The first kappa shape index (κ1) is 24.6. The number of aromatic nitrogens is 4. The van der Waals surface area contributed by atoms with Crippen molar-refractivity contribution in [1.29, 1.82) is 0 Å². The highest BCUT2D eigenvalue weighted by Crippen LogP contribution is 2.34. The predicted octanol–water partition coefficient (Wildman–Crippen LogP) is 2.93. The number of primary amides is 1. The second-order valence-corrected chi connectivity index (χ2v) is 7.76. The minimum atomic E-state index is -0.184. The topological polar surface area (TPSA) is 119 Å².